The third-order valence-electron chi connectivity index (χ3n) is 4.70. The topological polar surface area (TPSA) is 96.9 Å². The number of hydrogen-bond donors (Lipinski definition) is 3. The van der Waals surface area contributed by atoms with Crippen LogP contribution < -0.4 is 11.1 Å². The largest absolute Gasteiger partial charge is 0.409 e. The maximum atomic E-state index is 12.4. The van der Waals surface area contributed by atoms with Crippen molar-refractivity contribution in [2.24, 2.45) is 28.1 Å². The fourth-order valence-corrected chi connectivity index (χ4v) is 3.51. The molecular weight excluding hydrogens is 258 g/mol. The summed E-state index contributed by atoms with van der Waals surface area (Å²) in [5, 5.41) is 14.9. The quantitative estimate of drug-likeness (QED) is 0.304. The Bertz CT molecular complexity index is 391. The average molecular weight is 283 g/mol. The lowest BCUT2D eigenvalue weighted by Gasteiger charge is -2.43. The van der Waals surface area contributed by atoms with Gasteiger partial charge in [0.1, 0.15) is 5.41 Å². The lowest BCUT2D eigenvalue weighted by molar-refractivity contribution is -0.133. The Morgan fingerprint density at radius 1 is 1.55 bits per heavy atom. The fourth-order valence-electron chi connectivity index (χ4n) is 3.51. The monoisotopic (exact) mass is 283 g/mol. The molecule has 1 aliphatic heterocycles. The van der Waals surface area contributed by atoms with Crippen LogP contribution in [0.3, 0.4) is 0 Å². The minimum atomic E-state index is -0.810. The predicted molar refractivity (Wildman–Crippen MR) is 75.4 cm³/mol. The number of nitrogens with one attached hydrogen (secondary N) is 1. The highest BCUT2D eigenvalue weighted by atomic mass is 16.5. The molecule has 0 bridgehead atoms. The zero-order valence-corrected chi connectivity index (χ0v) is 12.3. The number of nitrogens with zero attached hydrogens (tertiary/aromatic N) is 1. The van der Waals surface area contributed by atoms with Crippen LogP contribution in [-0.2, 0) is 9.53 Å². The molecular formula is C14H25N3O3. The third kappa shape index (κ3) is 2.61. The maximum absolute atomic E-state index is 12.4. The number of carbonyl (C=O) groups is 1. The molecule has 20 heavy (non-hydrogen) atoms. The van der Waals surface area contributed by atoms with Crippen molar-refractivity contribution in [2.45, 2.75) is 45.6 Å². The van der Waals surface area contributed by atoms with Crippen molar-refractivity contribution in [1.29, 1.82) is 0 Å². The highest BCUT2D eigenvalue weighted by Crippen LogP contribution is 2.45. The molecule has 0 aromatic carbocycles. The summed E-state index contributed by atoms with van der Waals surface area (Å²) in [5.41, 5.74) is 4.92. The normalized spacial score (nSPS) is 37.5. The van der Waals surface area contributed by atoms with E-state index in [0.29, 0.717) is 31.2 Å². The molecule has 2 fully saturated rings. The van der Waals surface area contributed by atoms with Crippen LogP contribution in [0, 0.1) is 17.3 Å². The maximum Gasteiger partial charge on any atom is 0.233 e. The zero-order chi connectivity index (χ0) is 14.8. The van der Waals surface area contributed by atoms with Gasteiger partial charge in [-0.1, -0.05) is 19.0 Å². The summed E-state index contributed by atoms with van der Waals surface area (Å²) in [4.78, 5) is 12.4. The summed E-state index contributed by atoms with van der Waals surface area (Å²) in [6.45, 7) is 5.53. The first kappa shape index (κ1) is 15.1. The van der Waals surface area contributed by atoms with Gasteiger partial charge in [-0.2, -0.15) is 0 Å². The second-order valence-corrected chi connectivity index (χ2v) is 6.16. The minimum Gasteiger partial charge on any atom is -0.409 e. The van der Waals surface area contributed by atoms with Crippen molar-refractivity contribution < 1.29 is 14.7 Å². The van der Waals surface area contributed by atoms with Gasteiger partial charge in [-0.25, -0.2) is 0 Å². The van der Waals surface area contributed by atoms with Gasteiger partial charge in [0, 0.05) is 19.1 Å². The van der Waals surface area contributed by atoms with Crippen LogP contribution >= 0.6 is 0 Å². The number of oxime groups is 1. The van der Waals surface area contributed by atoms with E-state index in [1.54, 1.807) is 0 Å². The number of amidine groups is 1. The average Bonchev–Trinajstić information content (AvgIpc) is 2.87. The van der Waals surface area contributed by atoms with Crippen LogP contribution in [0.4, 0.5) is 0 Å². The second-order valence-electron chi connectivity index (χ2n) is 6.16. The molecule has 2 rings (SSSR count). The molecule has 0 radical (unpaired) electrons. The van der Waals surface area contributed by atoms with Gasteiger partial charge in [0.25, 0.3) is 0 Å². The van der Waals surface area contributed by atoms with Gasteiger partial charge in [-0.15, -0.1) is 0 Å². The SMILES string of the molecule is CCC1OCCC1CNC(=O)C1(C(N)=NO)CC(C)C1. The molecule has 0 aromatic heterocycles. The van der Waals surface area contributed by atoms with Crippen molar-refractivity contribution in [1.82, 2.24) is 5.32 Å². The molecule has 0 aromatic rings. The molecule has 114 valence electrons. The third-order valence-corrected chi connectivity index (χ3v) is 4.70. The molecule has 2 unspecified atom stereocenters. The van der Waals surface area contributed by atoms with Gasteiger partial charge >= 0.3 is 0 Å². The number of hydrogen-bond acceptors (Lipinski definition) is 4. The van der Waals surface area contributed by atoms with E-state index in [2.05, 4.69) is 24.3 Å². The van der Waals surface area contributed by atoms with Crippen LogP contribution in [0.2, 0.25) is 0 Å². The first-order chi connectivity index (χ1) is 9.53. The Hall–Kier alpha value is -1.30. The van der Waals surface area contributed by atoms with Gasteiger partial charge in [0.15, 0.2) is 5.84 Å². The predicted octanol–water partition coefficient (Wildman–Crippen LogP) is 1.08. The number of ether oxygens (including phenoxy) is 1. The van der Waals surface area contributed by atoms with Gasteiger partial charge in [0.05, 0.1) is 6.10 Å². The number of amides is 1. The van der Waals surface area contributed by atoms with E-state index in [0.717, 1.165) is 19.4 Å². The lowest BCUT2D eigenvalue weighted by Crippen LogP contribution is -2.57. The Morgan fingerprint density at radius 3 is 2.80 bits per heavy atom. The fraction of sp³-hybridized carbons (Fsp3) is 0.857. The molecule has 6 nitrogen and oxygen atoms in total. The molecule has 1 saturated carbocycles. The van der Waals surface area contributed by atoms with E-state index in [4.69, 9.17) is 15.7 Å². The Labute approximate surface area is 119 Å². The van der Waals surface area contributed by atoms with Crippen molar-refractivity contribution in [2.75, 3.05) is 13.2 Å². The van der Waals surface area contributed by atoms with E-state index in [1.807, 2.05) is 0 Å². The van der Waals surface area contributed by atoms with Gasteiger partial charge in [-0.05, 0) is 31.6 Å². The summed E-state index contributed by atoms with van der Waals surface area (Å²) in [6, 6.07) is 0. The van der Waals surface area contributed by atoms with Gasteiger partial charge in [-0.3, -0.25) is 4.79 Å². The Kier molecular flexibility index (Phi) is 4.52. The molecule has 0 spiro atoms. The van der Waals surface area contributed by atoms with Gasteiger partial charge < -0.3 is 21.0 Å². The number of carbonyl (C=O) groups excluding carboxylic acids is 1. The molecule has 1 saturated heterocycles. The molecule has 6 heteroatoms. The molecule has 1 aliphatic carbocycles. The van der Waals surface area contributed by atoms with Crippen molar-refractivity contribution in [3.63, 3.8) is 0 Å². The standard InChI is InChI=1S/C14H25N3O3/c1-3-11-10(4-5-20-11)8-16-13(18)14(12(15)17-19)6-9(2)7-14/h9-11,19H,3-8H2,1-2H3,(H2,15,17)(H,16,18). The van der Waals surface area contributed by atoms with Crippen LogP contribution in [-0.4, -0.2) is 36.2 Å². The van der Waals surface area contributed by atoms with E-state index < -0.39 is 5.41 Å². The Morgan fingerprint density at radius 2 is 2.25 bits per heavy atom. The van der Waals surface area contributed by atoms with E-state index in [-0.39, 0.29) is 17.8 Å². The van der Waals surface area contributed by atoms with Crippen molar-refractivity contribution in [3.05, 3.63) is 0 Å². The highest BCUT2D eigenvalue weighted by Gasteiger charge is 2.52. The molecule has 1 amide bonds. The molecule has 1 heterocycles. The van der Waals surface area contributed by atoms with Crippen molar-refractivity contribution >= 4 is 11.7 Å². The first-order valence-corrected chi connectivity index (χ1v) is 7.41. The molecule has 2 atom stereocenters. The number of rotatable bonds is 5. The summed E-state index contributed by atoms with van der Waals surface area (Å²) in [7, 11) is 0. The summed E-state index contributed by atoms with van der Waals surface area (Å²) in [5.74, 6) is 0.709. The van der Waals surface area contributed by atoms with E-state index in [1.165, 1.54) is 0 Å². The minimum absolute atomic E-state index is 0.0304. The number of nitrogens with two attached hydrogens (primary N) is 1. The van der Waals surface area contributed by atoms with Crippen LogP contribution in [0.1, 0.15) is 39.5 Å². The first-order valence-electron chi connectivity index (χ1n) is 7.41. The van der Waals surface area contributed by atoms with Crippen LogP contribution in [0.15, 0.2) is 5.16 Å². The van der Waals surface area contributed by atoms with Crippen molar-refractivity contribution in [3.8, 4) is 0 Å². The summed E-state index contributed by atoms with van der Waals surface area (Å²) in [6.07, 6.45) is 3.46. The molecule has 2 aliphatic rings. The highest BCUT2D eigenvalue weighted by molar-refractivity contribution is 6.07. The van der Waals surface area contributed by atoms with Crippen LogP contribution in [0.5, 0.6) is 0 Å². The Balaban J connectivity index is 1.93. The van der Waals surface area contributed by atoms with E-state index >= 15 is 0 Å². The van der Waals surface area contributed by atoms with Crippen LogP contribution in [0.25, 0.3) is 0 Å². The smallest absolute Gasteiger partial charge is 0.233 e. The second kappa shape index (κ2) is 5.99. The summed E-state index contributed by atoms with van der Waals surface area (Å²) >= 11 is 0. The van der Waals surface area contributed by atoms with Gasteiger partial charge in [0.2, 0.25) is 5.91 Å². The summed E-state index contributed by atoms with van der Waals surface area (Å²) < 4.78 is 5.62. The zero-order valence-electron chi connectivity index (χ0n) is 12.3. The van der Waals surface area contributed by atoms with E-state index in [9.17, 15) is 4.79 Å². The molecule has 4 N–H and O–H groups in total. The lowest BCUT2D eigenvalue weighted by atomic mass is 9.61.